The van der Waals surface area contributed by atoms with Crippen molar-refractivity contribution in [1.82, 2.24) is 9.97 Å². The Bertz CT molecular complexity index is 789. The number of anilines is 1. The van der Waals surface area contributed by atoms with Gasteiger partial charge in [-0.15, -0.1) is 22.7 Å². The molecule has 0 saturated carbocycles. The van der Waals surface area contributed by atoms with Crippen molar-refractivity contribution in [3.63, 3.8) is 0 Å². The summed E-state index contributed by atoms with van der Waals surface area (Å²) in [7, 11) is 0. The molecule has 0 aliphatic rings. The molecule has 1 amide bonds. The van der Waals surface area contributed by atoms with Crippen molar-refractivity contribution in [2.24, 2.45) is 0 Å². The van der Waals surface area contributed by atoms with Crippen LogP contribution in [0.4, 0.5) is 5.13 Å². The van der Waals surface area contributed by atoms with E-state index in [2.05, 4.69) is 15.3 Å². The van der Waals surface area contributed by atoms with Crippen molar-refractivity contribution >= 4 is 57.1 Å². The van der Waals surface area contributed by atoms with Crippen LogP contribution in [0.1, 0.15) is 11.3 Å². The summed E-state index contributed by atoms with van der Waals surface area (Å²) in [6, 6.07) is 7.78. The van der Waals surface area contributed by atoms with E-state index in [0.717, 1.165) is 26.4 Å². The predicted molar refractivity (Wildman–Crippen MR) is 97.6 cm³/mol. The lowest BCUT2D eigenvalue weighted by Gasteiger charge is -2.00. The van der Waals surface area contributed by atoms with E-state index in [-0.39, 0.29) is 12.3 Å². The molecule has 23 heavy (non-hydrogen) atoms. The number of amides is 1. The highest BCUT2D eigenvalue weighted by Gasteiger charge is 2.09. The maximum Gasteiger partial charge on any atom is 0.232 e. The number of aromatic nitrogens is 2. The van der Waals surface area contributed by atoms with Gasteiger partial charge in [0.2, 0.25) is 5.91 Å². The van der Waals surface area contributed by atoms with Gasteiger partial charge >= 0.3 is 0 Å². The Balaban J connectivity index is 1.52. The third-order valence-corrected chi connectivity index (χ3v) is 5.87. The molecular weight excluding hydrogens is 370 g/mol. The van der Waals surface area contributed by atoms with Gasteiger partial charge in [-0.05, 0) is 17.7 Å². The molecule has 0 bridgehead atoms. The highest BCUT2D eigenvalue weighted by Crippen LogP contribution is 2.27. The van der Waals surface area contributed by atoms with Crippen LogP contribution in [0.15, 0.2) is 45.6 Å². The average molecular weight is 382 g/mol. The van der Waals surface area contributed by atoms with E-state index in [4.69, 9.17) is 11.6 Å². The fourth-order valence-corrected chi connectivity index (χ4v) is 4.37. The third kappa shape index (κ3) is 5.04. The van der Waals surface area contributed by atoms with Crippen molar-refractivity contribution in [2.75, 3.05) is 5.32 Å². The molecule has 3 rings (SSSR count). The summed E-state index contributed by atoms with van der Waals surface area (Å²) < 4.78 is 0.946. The normalized spacial score (nSPS) is 10.7. The summed E-state index contributed by atoms with van der Waals surface area (Å²) in [4.78, 5) is 20.4. The number of hydrogen-bond acceptors (Lipinski definition) is 6. The van der Waals surface area contributed by atoms with Gasteiger partial charge in [-0.25, -0.2) is 9.97 Å². The van der Waals surface area contributed by atoms with Crippen LogP contribution in [0.2, 0.25) is 5.02 Å². The van der Waals surface area contributed by atoms with Crippen molar-refractivity contribution in [3.05, 3.63) is 57.5 Å². The Morgan fingerprint density at radius 3 is 3.04 bits per heavy atom. The van der Waals surface area contributed by atoms with E-state index >= 15 is 0 Å². The van der Waals surface area contributed by atoms with Gasteiger partial charge in [0.15, 0.2) is 5.13 Å². The van der Waals surface area contributed by atoms with Crippen LogP contribution in [0, 0.1) is 0 Å². The lowest BCUT2D eigenvalue weighted by atomic mass is 10.2. The summed E-state index contributed by atoms with van der Waals surface area (Å²) in [5, 5.41) is 7.85. The topological polar surface area (TPSA) is 54.9 Å². The predicted octanol–water partition coefficient (Wildman–Crippen LogP) is 4.73. The number of hydrogen-bond donors (Lipinski definition) is 1. The molecule has 0 saturated heterocycles. The van der Waals surface area contributed by atoms with Crippen LogP contribution in [-0.2, 0) is 17.0 Å². The smallest absolute Gasteiger partial charge is 0.232 e. The zero-order chi connectivity index (χ0) is 16.1. The zero-order valence-electron chi connectivity index (χ0n) is 11.9. The summed E-state index contributed by atoms with van der Waals surface area (Å²) in [5.74, 6) is 0.704. The minimum atomic E-state index is -0.100. The number of nitrogens with zero attached hydrogens (tertiary/aromatic N) is 2. The lowest BCUT2D eigenvalue weighted by molar-refractivity contribution is -0.115. The quantitative estimate of drug-likeness (QED) is 0.627. The molecular formula is C15H12ClN3OS3. The maximum atomic E-state index is 11.9. The largest absolute Gasteiger partial charge is 0.302 e. The zero-order valence-corrected chi connectivity index (χ0v) is 15.1. The van der Waals surface area contributed by atoms with Crippen molar-refractivity contribution < 1.29 is 4.79 Å². The highest BCUT2D eigenvalue weighted by molar-refractivity contribution is 8.00. The van der Waals surface area contributed by atoms with Crippen LogP contribution < -0.4 is 5.32 Å². The monoisotopic (exact) mass is 381 g/mol. The van der Waals surface area contributed by atoms with Gasteiger partial charge in [0.1, 0.15) is 4.34 Å². The number of rotatable bonds is 6. The van der Waals surface area contributed by atoms with Gasteiger partial charge in [-0.1, -0.05) is 35.5 Å². The minimum Gasteiger partial charge on any atom is -0.302 e. The van der Waals surface area contributed by atoms with E-state index in [0.29, 0.717) is 5.13 Å². The second-order valence-electron chi connectivity index (χ2n) is 4.59. The Morgan fingerprint density at radius 2 is 2.26 bits per heavy atom. The Hall–Kier alpha value is -1.41. The maximum absolute atomic E-state index is 11.9. The van der Waals surface area contributed by atoms with Gasteiger partial charge < -0.3 is 5.32 Å². The molecule has 0 fully saturated rings. The standard InChI is InChI=1S/C15H12ClN3OS3/c16-11-3-1-2-10(6-11)8-22-15-18-12(9-23-15)7-13(20)19-14-17-4-5-21-14/h1-6,9H,7-8H2,(H,17,19,20). The summed E-state index contributed by atoms with van der Waals surface area (Å²) in [6.45, 7) is 0. The molecule has 1 aromatic carbocycles. The molecule has 0 aliphatic carbocycles. The number of nitrogens with one attached hydrogen (secondary N) is 1. The fraction of sp³-hybridized carbons (Fsp3) is 0.133. The molecule has 8 heteroatoms. The molecule has 2 aromatic heterocycles. The van der Waals surface area contributed by atoms with Crippen molar-refractivity contribution in [1.29, 1.82) is 0 Å². The van der Waals surface area contributed by atoms with Gasteiger partial charge in [-0.3, -0.25) is 4.79 Å². The summed E-state index contributed by atoms with van der Waals surface area (Å²) in [6.07, 6.45) is 1.92. The molecule has 0 aliphatic heterocycles. The van der Waals surface area contributed by atoms with Gasteiger partial charge in [0, 0.05) is 27.7 Å². The Labute approximate surface area is 150 Å². The van der Waals surface area contributed by atoms with Crippen LogP contribution >= 0.6 is 46.0 Å². The van der Waals surface area contributed by atoms with Gasteiger partial charge in [0.05, 0.1) is 12.1 Å². The van der Waals surface area contributed by atoms with E-state index in [9.17, 15) is 4.79 Å². The molecule has 2 heterocycles. The molecule has 0 spiro atoms. The first-order valence-corrected chi connectivity index (χ1v) is 9.82. The van der Waals surface area contributed by atoms with E-state index < -0.39 is 0 Å². The van der Waals surface area contributed by atoms with Gasteiger partial charge in [0.25, 0.3) is 0 Å². The molecule has 0 unspecified atom stereocenters. The average Bonchev–Trinajstić information content (AvgIpc) is 3.17. The number of carbonyl (C=O) groups excluding carboxylic acids is 1. The first-order valence-electron chi connectivity index (χ1n) is 6.70. The fourth-order valence-electron chi connectivity index (χ4n) is 1.82. The van der Waals surface area contributed by atoms with Gasteiger partial charge in [-0.2, -0.15) is 0 Å². The molecule has 1 N–H and O–H groups in total. The van der Waals surface area contributed by atoms with E-state index in [1.54, 1.807) is 29.3 Å². The number of halogens is 1. The Morgan fingerprint density at radius 1 is 1.35 bits per heavy atom. The van der Waals surface area contributed by atoms with Crippen molar-refractivity contribution in [2.45, 2.75) is 16.5 Å². The Kier molecular flexibility index (Phi) is 5.66. The minimum absolute atomic E-state index is 0.100. The molecule has 3 aromatic rings. The van der Waals surface area contributed by atoms with E-state index in [1.807, 2.05) is 35.0 Å². The molecule has 0 atom stereocenters. The van der Waals surface area contributed by atoms with Crippen LogP contribution in [0.25, 0.3) is 0 Å². The number of thioether (sulfide) groups is 1. The van der Waals surface area contributed by atoms with Crippen LogP contribution in [0.5, 0.6) is 0 Å². The lowest BCUT2D eigenvalue weighted by Crippen LogP contribution is -2.14. The highest BCUT2D eigenvalue weighted by atomic mass is 35.5. The SMILES string of the molecule is O=C(Cc1csc(SCc2cccc(Cl)c2)n1)Nc1nccs1. The summed E-state index contributed by atoms with van der Waals surface area (Å²) in [5.41, 5.74) is 1.93. The molecule has 4 nitrogen and oxygen atoms in total. The second kappa shape index (κ2) is 7.92. The number of carbonyl (C=O) groups is 1. The van der Waals surface area contributed by atoms with Crippen LogP contribution in [-0.4, -0.2) is 15.9 Å². The first-order chi connectivity index (χ1) is 11.2. The first kappa shape index (κ1) is 16.4. The second-order valence-corrected chi connectivity index (χ2v) is 8.00. The van der Waals surface area contributed by atoms with Crippen molar-refractivity contribution in [3.8, 4) is 0 Å². The molecule has 0 radical (unpaired) electrons. The summed E-state index contributed by atoms with van der Waals surface area (Å²) >= 11 is 10.6. The van der Waals surface area contributed by atoms with E-state index in [1.165, 1.54) is 11.3 Å². The number of benzene rings is 1. The molecule has 118 valence electrons. The number of thiazole rings is 2. The van der Waals surface area contributed by atoms with Crippen LogP contribution in [0.3, 0.4) is 0 Å². The third-order valence-electron chi connectivity index (χ3n) is 2.80.